The molecule has 1 unspecified atom stereocenters. The van der Waals surface area contributed by atoms with Crippen molar-refractivity contribution in [1.82, 2.24) is 9.78 Å². The average Bonchev–Trinajstić information content (AvgIpc) is 2.60. The van der Waals surface area contributed by atoms with Gasteiger partial charge in [0.05, 0.1) is 25.5 Å². The summed E-state index contributed by atoms with van der Waals surface area (Å²) in [6.45, 7) is 1.64. The van der Waals surface area contributed by atoms with Crippen molar-refractivity contribution in [1.29, 1.82) is 5.41 Å². The number of alkyl halides is 3. The Kier molecular flexibility index (Phi) is 3.97. The van der Waals surface area contributed by atoms with Gasteiger partial charge in [-0.3, -0.25) is 10.1 Å². The van der Waals surface area contributed by atoms with Crippen molar-refractivity contribution in [3.63, 3.8) is 0 Å². The molecule has 0 aliphatic carbocycles. The van der Waals surface area contributed by atoms with Gasteiger partial charge in [0.15, 0.2) is 5.75 Å². The second kappa shape index (κ2) is 5.07. The summed E-state index contributed by atoms with van der Waals surface area (Å²) in [7, 11) is 0. The number of ether oxygens (including phenoxy) is 1. The van der Waals surface area contributed by atoms with Gasteiger partial charge in [0.25, 0.3) is 0 Å². The molecule has 0 aliphatic heterocycles. The molecule has 1 heterocycles. The van der Waals surface area contributed by atoms with Crippen LogP contribution < -0.4 is 10.5 Å². The molecule has 3 N–H and O–H groups in total. The summed E-state index contributed by atoms with van der Waals surface area (Å²) in [6, 6.07) is 0. The van der Waals surface area contributed by atoms with Crippen LogP contribution in [0.5, 0.6) is 5.75 Å². The Morgan fingerprint density at radius 2 is 2.29 bits per heavy atom. The minimum atomic E-state index is -4.55. The van der Waals surface area contributed by atoms with E-state index in [1.54, 1.807) is 6.92 Å². The number of aromatic nitrogens is 2. The molecule has 5 nitrogen and oxygen atoms in total. The van der Waals surface area contributed by atoms with Crippen molar-refractivity contribution < 1.29 is 17.9 Å². The van der Waals surface area contributed by atoms with E-state index in [-0.39, 0.29) is 0 Å². The first kappa shape index (κ1) is 13.3. The molecule has 0 saturated heterocycles. The number of nitrogens with one attached hydrogen (secondary N) is 1. The molecule has 1 rings (SSSR count). The van der Waals surface area contributed by atoms with Crippen molar-refractivity contribution in [2.75, 3.05) is 6.61 Å². The lowest BCUT2D eigenvalue weighted by Crippen LogP contribution is -2.38. The molecule has 0 saturated carbocycles. The SMILES string of the molecule is CCOc1cnn(CC(C(=N)N)C(F)(F)F)c1. The Morgan fingerprint density at radius 3 is 2.76 bits per heavy atom. The first-order valence-corrected chi connectivity index (χ1v) is 4.90. The highest BCUT2D eigenvalue weighted by Gasteiger charge is 2.42. The van der Waals surface area contributed by atoms with E-state index in [1.165, 1.54) is 12.4 Å². The van der Waals surface area contributed by atoms with E-state index in [0.717, 1.165) is 4.68 Å². The largest absolute Gasteiger partial charge is 0.491 e. The predicted octanol–water partition coefficient (Wildman–Crippen LogP) is 1.40. The van der Waals surface area contributed by atoms with Gasteiger partial charge in [0.1, 0.15) is 11.8 Å². The molecule has 96 valence electrons. The van der Waals surface area contributed by atoms with E-state index in [0.29, 0.717) is 12.4 Å². The van der Waals surface area contributed by atoms with Crippen LogP contribution >= 0.6 is 0 Å². The van der Waals surface area contributed by atoms with Gasteiger partial charge in [-0.1, -0.05) is 0 Å². The van der Waals surface area contributed by atoms with Gasteiger partial charge < -0.3 is 10.5 Å². The third-order valence-electron chi connectivity index (χ3n) is 2.06. The zero-order valence-electron chi connectivity index (χ0n) is 9.16. The molecule has 0 aromatic carbocycles. The Morgan fingerprint density at radius 1 is 1.65 bits per heavy atom. The fourth-order valence-electron chi connectivity index (χ4n) is 1.25. The fourth-order valence-corrected chi connectivity index (χ4v) is 1.25. The zero-order valence-corrected chi connectivity index (χ0v) is 9.16. The van der Waals surface area contributed by atoms with Crippen LogP contribution in [0.25, 0.3) is 0 Å². The summed E-state index contributed by atoms with van der Waals surface area (Å²) in [6.07, 6.45) is -1.90. The minimum Gasteiger partial charge on any atom is -0.491 e. The third-order valence-corrected chi connectivity index (χ3v) is 2.06. The van der Waals surface area contributed by atoms with Gasteiger partial charge >= 0.3 is 6.18 Å². The van der Waals surface area contributed by atoms with Gasteiger partial charge in [0.2, 0.25) is 0 Å². The van der Waals surface area contributed by atoms with Crippen LogP contribution in [0.15, 0.2) is 12.4 Å². The van der Waals surface area contributed by atoms with E-state index in [9.17, 15) is 13.2 Å². The van der Waals surface area contributed by atoms with E-state index in [1.807, 2.05) is 0 Å². The summed E-state index contributed by atoms with van der Waals surface area (Å²) in [4.78, 5) is 0. The molecule has 0 aliphatic rings. The van der Waals surface area contributed by atoms with Crippen molar-refractivity contribution in [2.24, 2.45) is 11.7 Å². The molecule has 0 radical (unpaired) electrons. The van der Waals surface area contributed by atoms with E-state index >= 15 is 0 Å². The van der Waals surface area contributed by atoms with Gasteiger partial charge in [-0.2, -0.15) is 18.3 Å². The molecule has 0 fully saturated rings. The molecular formula is C9H13F3N4O. The summed E-state index contributed by atoms with van der Waals surface area (Å²) < 4.78 is 43.7. The van der Waals surface area contributed by atoms with Crippen LogP contribution in [0.1, 0.15) is 6.92 Å². The number of nitrogens with two attached hydrogens (primary N) is 1. The van der Waals surface area contributed by atoms with E-state index in [2.05, 4.69) is 5.10 Å². The fraction of sp³-hybridized carbons (Fsp3) is 0.556. The summed E-state index contributed by atoms with van der Waals surface area (Å²) in [5, 5.41) is 10.6. The quantitative estimate of drug-likeness (QED) is 0.612. The molecule has 0 bridgehead atoms. The molecule has 1 aromatic rings. The van der Waals surface area contributed by atoms with Crippen molar-refractivity contribution >= 4 is 5.84 Å². The predicted molar refractivity (Wildman–Crippen MR) is 54.9 cm³/mol. The van der Waals surface area contributed by atoms with Crippen LogP contribution in [0.4, 0.5) is 13.2 Å². The Balaban J connectivity index is 2.76. The monoisotopic (exact) mass is 250 g/mol. The lowest BCUT2D eigenvalue weighted by atomic mass is 10.1. The third kappa shape index (κ3) is 3.65. The zero-order chi connectivity index (χ0) is 13.1. The highest BCUT2D eigenvalue weighted by Crippen LogP contribution is 2.27. The average molecular weight is 250 g/mol. The first-order chi connectivity index (χ1) is 7.84. The maximum Gasteiger partial charge on any atom is 0.400 e. The lowest BCUT2D eigenvalue weighted by Gasteiger charge is -2.18. The number of hydrogen-bond donors (Lipinski definition) is 2. The van der Waals surface area contributed by atoms with Crippen LogP contribution in [0.3, 0.4) is 0 Å². The van der Waals surface area contributed by atoms with Crippen LogP contribution in [0.2, 0.25) is 0 Å². The molecule has 8 heteroatoms. The molecule has 17 heavy (non-hydrogen) atoms. The van der Waals surface area contributed by atoms with E-state index in [4.69, 9.17) is 15.9 Å². The first-order valence-electron chi connectivity index (χ1n) is 4.90. The van der Waals surface area contributed by atoms with Crippen molar-refractivity contribution in [3.8, 4) is 5.75 Å². The van der Waals surface area contributed by atoms with Crippen molar-refractivity contribution in [2.45, 2.75) is 19.6 Å². The maximum atomic E-state index is 12.5. The number of halogens is 3. The standard InChI is InChI=1S/C9H13F3N4O/c1-2-17-6-3-15-16(4-6)5-7(8(13)14)9(10,11)12/h3-4,7H,2,5H2,1H3,(H3,13,14). The second-order valence-corrected chi connectivity index (χ2v) is 3.38. The summed E-state index contributed by atoms with van der Waals surface area (Å²) >= 11 is 0. The Hall–Kier alpha value is -1.73. The maximum absolute atomic E-state index is 12.5. The number of hydrogen-bond acceptors (Lipinski definition) is 3. The Labute approximate surface area is 95.9 Å². The number of amidine groups is 1. The highest BCUT2D eigenvalue weighted by atomic mass is 19.4. The molecular weight excluding hydrogens is 237 g/mol. The molecule has 1 atom stereocenters. The number of nitrogens with zero attached hydrogens (tertiary/aromatic N) is 2. The smallest absolute Gasteiger partial charge is 0.400 e. The highest BCUT2D eigenvalue weighted by molar-refractivity contribution is 5.80. The topological polar surface area (TPSA) is 76.9 Å². The van der Waals surface area contributed by atoms with Crippen LogP contribution in [0, 0.1) is 11.3 Å². The van der Waals surface area contributed by atoms with Gasteiger partial charge in [-0.05, 0) is 6.92 Å². The van der Waals surface area contributed by atoms with E-state index < -0.39 is 24.5 Å². The van der Waals surface area contributed by atoms with Gasteiger partial charge in [-0.25, -0.2) is 0 Å². The number of rotatable bonds is 5. The molecule has 0 amide bonds. The van der Waals surface area contributed by atoms with Crippen molar-refractivity contribution in [3.05, 3.63) is 12.4 Å². The lowest BCUT2D eigenvalue weighted by molar-refractivity contribution is -0.159. The second-order valence-electron chi connectivity index (χ2n) is 3.38. The minimum absolute atomic E-state index is 0.386. The molecule has 0 spiro atoms. The van der Waals surface area contributed by atoms with Gasteiger partial charge in [0, 0.05) is 0 Å². The Bertz CT molecular complexity index is 388. The van der Waals surface area contributed by atoms with Gasteiger partial charge in [-0.15, -0.1) is 0 Å². The normalized spacial score (nSPS) is 13.4. The summed E-state index contributed by atoms with van der Waals surface area (Å²) in [5.74, 6) is -2.57. The summed E-state index contributed by atoms with van der Waals surface area (Å²) in [5.41, 5.74) is 4.93. The van der Waals surface area contributed by atoms with Crippen LogP contribution in [-0.4, -0.2) is 28.4 Å². The van der Waals surface area contributed by atoms with Crippen LogP contribution in [-0.2, 0) is 6.54 Å². The molecule has 1 aromatic heterocycles.